The van der Waals surface area contributed by atoms with Crippen LogP contribution in [0.1, 0.15) is 43.4 Å². The minimum atomic E-state index is 0.533. The van der Waals surface area contributed by atoms with Crippen molar-refractivity contribution in [2.24, 2.45) is 5.92 Å². The molecule has 1 N–H and O–H groups in total. The molecule has 0 bridgehead atoms. The molecule has 0 aliphatic rings. The van der Waals surface area contributed by atoms with Crippen LogP contribution < -0.4 is 5.32 Å². The second-order valence-electron chi connectivity index (χ2n) is 5.95. The first-order valence-corrected chi connectivity index (χ1v) is 7.87. The van der Waals surface area contributed by atoms with E-state index in [-0.39, 0.29) is 0 Å². The summed E-state index contributed by atoms with van der Waals surface area (Å²) in [6.45, 7) is 10.9. The largest absolute Gasteiger partial charge is 0.385 e. The molecule has 20 heavy (non-hydrogen) atoms. The molecule has 0 radical (unpaired) electrons. The Morgan fingerprint density at radius 1 is 1.25 bits per heavy atom. The van der Waals surface area contributed by atoms with E-state index in [1.807, 2.05) is 0 Å². The second-order valence-corrected chi connectivity index (χ2v) is 5.95. The molecule has 2 unspecified atom stereocenters. The number of benzene rings is 1. The van der Waals surface area contributed by atoms with E-state index in [9.17, 15) is 0 Å². The predicted molar refractivity (Wildman–Crippen MR) is 87.4 cm³/mol. The summed E-state index contributed by atoms with van der Waals surface area (Å²) >= 11 is 0. The Morgan fingerprint density at radius 2 is 2.00 bits per heavy atom. The highest BCUT2D eigenvalue weighted by Crippen LogP contribution is 2.18. The second kappa shape index (κ2) is 9.15. The molecular formula is C18H31NO. The maximum Gasteiger partial charge on any atom is 0.0465 e. The van der Waals surface area contributed by atoms with Gasteiger partial charge in [-0.3, -0.25) is 0 Å². The smallest absolute Gasteiger partial charge is 0.0465 e. The molecule has 2 nitrogen and oxygen atoms in total. The fourth-order valence-corrected chi connectivity index (χ4v) is 2.57. The van der Waals surface area contributed by atoms with Gasteiger partial charge in [0.2, 0.25) is 0 Å². The Balaban J connectivity index is 2.74. The SMILES string of the molecule is CCCNC(Cc1cc(C)ccc1C)C(C)CCOC. The van der Waals surface area contributed by atoms with Gasteiger partial charge in [-0.1, -0.05) is 37.6 Å². The van der Waals surface area contributed by atoms with Gasteiger partial charge in [-0.25, -0.2) is 0 Å². The minimum absolute atomic E-state index is 0.533. The lowest BCUT2D eigenvalue weighted by atomic mass is 9.90. The molecule has 0 saturated heterocycles. The van der Waals surface area contributed by atoms with Crippen LogP contribution in [0.4, 0.5) is 0 Å². The zero-order valence-corrected chi connectivity index (χ0v) is 13.8. The first-order valence-electron chi connectivity index (χ1n) is 7.87. The van der Waals surface area contributed by atoms with Gasteiger partial charge in [0.25, 0.3) is 0 Å². The lowest BCUT2D eigenvalue weighted by molar-refractivity contribution is 0.170. The van der Waals surface area contributed by atoms with Gasteiger partial charge < -0.3 is 10.1 Å². The summed E-state index contributed by atoms with van der Waals surface area (Å²) in [6, 6.07) is 7.30. The number of ether oxygens (including phenoxy) is 1. The molecule has 0 aliphatic heterocycles. The molecular weight excluding hydrogens is 246 g/mol. The highest BCUT2D eigenvalue weighted by atomic mass is 16.5. The van der Waals surface area contributed by atoms with Gasteiger partial charge in [0, 0.05) is 19.8 Å². The Hall–Kier alpha value is -0.860. The van der Waals surface area contributed by atoms with Crippen molar-refractivity contribution in [3.63, 3.8) is 0 Å². The quantitative estimate of drug-likeness (QED) is 0.739. The maximum absolute atomic E-state index is 5.23. The van der Waals surface area contributed by atoms with Gasteiger partial charge >= 0.3 is 0 Å². The molecule has 114 valence electrons. The van der Waals surface area contributed by atoms with Crippen LogP contribution in [0.25, 0.3) is 0 Å². The van der Waals surface area contributed by atoms with Crippen molar-refractivity contribution in [1.82, 2.24) is 5.32 Å². The van der Waals surface area contributed by atoms with Crippen molar-refractivity contribution in [3.05, 3.63) is 34.9 Å². The van der Waals surface area contributed by atoms with Gasteiger partial charge in [0.05, 0.1) is 0 Å². The predicted octanol–water partition coefficient (Wildman–Crippen LogP) is 3.89. The fraction of sp³-hybridized carbons (Fsp3) is 0.667. The summed E-state index contributed by atoms with van der Waals surface area (Å²) in [5.41, 5.74) is 4.23. The van der Waals surface area contributed by atoms with Crippen molar-refractivity contribution in [3.8, 4) is 0 Å². The van der Waals surface area contributed by atoms with Gasteiger partial charge in [0.1, 0.15) is 0 Å². The Kier molecular flexibility index (Phi) is 7.86. The molecule has 2 atom stereocenters. The molecule has 1 aromatic carbocycles. The Labute approximate surface area is 124 Å². The van der Waals surface area contributed by atoms with Gasteiger partial charge in [-0.15, -0.1) is 0 Å². The molecule has 0 aliphatic carbocycles. The molecule has 0 fully saturated rings. The lowest BCUT2D eigenvalue weighted by Crippen LogP contribution is -2.38. The summed E-state index contributed by atoms with van der Waals surface area (Å²) in [6.07, 6.45) is 3.40. The van der Waals surface area contributed by atoms with Crippen LogP contribution in [-0.2, 0) is 11.2 Å². The lowest BCUT2D eigenvalue weighted by Gasteiger charge is -2.26. The van der Waals surface area contributed by atoms with Crippen LogP contribution in [0.15, 0.2) is 18.2 Å². The Morgan fingerprint density at radius 3 is 2.65 bits per heavy atom. The van der Waals surface area contributed by atoms with E-state index in [1.54, 1.807) is 7.11 Å². The standard InChI is InChI=1S/C18H31NO/c1-6-10-19-18(16(4)9-11-20-5)13-17-12-14(2)7-8-15(17)3/h7-8,12,16,18-19H,6,9-11,13H2,1-5H3. The summed E-state index contributed by atoms with van der Waals surface area (Å²) in [5, 5.41) is 3.72. The molecule has 1 rings (SSSR count). The third-order valence-corrected chi connectivity index (χ3v) is 4.07. The van der Waals surface area contributed by atoms with Crippen molar-refractivity contribution in [1.29, 1.82) is 0 Å². The highest BCUT2D eigenvalue weighted by molar-refractivity contribution is 5.31. The topological polar surface area (TPSA) is 21.3 Å². The van der Waals surface area contributed by atoms with Crippen LogP contribution in [0, 0.1) is 19.8 Å². The van der Waals surface area contributed by atoms with Gasteiger partial charge in [-0.2, -0.15) is 0 Å². The average Bonchev–Trinajstić information content (AvgIpc) is 2.44. The van der Waals surface area contributed by atoms with E-state index in [0.717, 1.165) is 26.0 Å². The molecule has 0 amide bonds. The third-order valence-electron chi connectivity index (χ3n) is 4.07. The number of hydrogen-bond acceptors (Lipinski definition) is 2. The number of aryl methyl sites for hydroxylation is 2. The average molecular weight is 277 g/mol. The first kappa shape index (κ1) is 17.2. The van der Waals surface area contributed by atoms with Crippen LogP contribution in [-0.4, -0.2) is 26.3 Å². The van der Waals surface area contributed by atoms with Crippen molar-refractivity contribution >= 4 is 0 Å². The number of rotatable bonds is 9. The van der Waals surface area contributed by atoms with E-state index in [4.69, 9.17) is 4.74 Å². The summed E-state index contributed by atoms with van der Waals surface area (Å²) in [4.78, 5) is 0. The van der Waals surface area contributed by atoms with E-state index < -0.39 is 0 Å². The molecule has 2 heteroatoms. The molecule has 0 spiro atoms. The van der Waals surface area contributed by atoms with E-state index >= 15 is 0 Å². The minimum Gasteiger partial charge on any atom is -0.385 e. The molecule has 0 heterocycles. The van der Waals surface area contributed by atoms with Gasteiger partial charge in [-0.05, 0) is 56.7 Å². The molecule has 1 aromatic rings. The number of nitrogens with one attached hydrogen (secondary N) is 1. The molecule has 0 saturated carbocycles. The van der Waals surface area contributed by atoms with E-state index in [0.29, 0.717) is 12.0 Å². The van der Waals surface area contributed by atoms with Crippen LogP contribution in [0.5, 0.6) is 0 Å². The summed E-state index contributed by atoms with van der Waals surface area (Å²) in [7, 11) is 1.78. The zero-order valence-electron chi connectivity index (χ0n) is 13.8. The third kappa shape index (κ3) is 5.64. The zero-order chi connectivity index (χ0) is 15.0. The fourth-order valence-electron chi connectivity index (χ4n) is 2.57. The van der Waals surface area contributed by atoms with Crippen LogP contribution in [0.2, 0.25) is 0 Å². The number of methoxy groups -OCH3 is 1. The van der Waals surface area contributed by atoms with Crippen LogP contribution >= 0.6 is 0 Å². The van der Waals surface area contributed by atoms with Crippen molar-refractivity contribution < 1.29 is 4.74 Å². The van der Waals surface area contributed by atoms with E-state index in [1.165, 1.54) is 23.1 Å². The number of hydrogen-bond donors (Lipinski definition) is 1. The monoisotopic (exact) mass is 277 g/mol. The summed E-state index contributed by atoms with van der Waals surface area (Å²) in [5.74, 6) is 0.626. The van der Waals surface area contributed by atoms with Crippen molar-refractivity contribution in [2.45, 2.75) is 53.0 Å². The van der Waals surface area contributed by atoms with Gasteiger partial charge in [0.15, 0.2) is 0 Å². The Bertz CT molecular complexity index is 389. The normalized spacial score (nSPS) is 14.2. The summed E-state index contributed by atoms with van der Waals surface area (Å²) < 4.78 is 5.23. The van der Waals surface area contributed by atoms with Crippen LogP contribution in [0.3, 0.4) is 0 Å². The van der Waals surface area contributed by atoms with Crippen molar-refractivity contribution in [2.75, 3.05) is 20.3 Å². The maximum atomic E-state index is 5.23. The van der Waals surface area contributed by atoms with E-state index in [2.05, 4.69) is 51.2 Å². The first-order chi connectivity index (χ1) is 9.58. The highest BCUT2D eigenvalue weighted by Gasteiger charge is 2.17. The molecule has 0 aromatic heterocycles.